The van der Waals surface area contributed by atoms with Crippen LogP contribution in [0.5, 0.6) is 11.5 Å². The Kier molecular flexibility index (Phi) is 8.06. The lowest BCUT2D eigenvalue weighted by atomic mass is 10.1. The smallest absolute Gasteiger partial charge is 0.225 e. The van der Waals surface area contributed by atoms with Crippen LogP contribution in [0.2, 0.25) is 0 Å². The van der Waals surface area contributed by atoms with E-state index in [1.807, 2.05) is 86.7 Å². The first-order valence-electron chi connectivity index (χ1n) is 12.2. The Hall–Kier alpha value is -4.06. The highest BCUT2D eigenvalue weighted by Gasteiger charge is 2.19. The summed E-state index contributed by atoms with van der Waals surface area (Å²) in [6.07, 6.45) is 2.97. The number of amides is 1. The standard InChI is InChI=1S/C30H33N3O3/c1-5-10-23-15-16-27(28(19-23)35-4)36-18-17-33-26-14-9-8-13-25(26)32-30(33)22(3)31-29(34)20-24-12-7-6-11-21(24)2/h5-9,11-16,19,22H,1,10,17-18,20H2,2-4H3,(H,31,34). The first-order valence-corrected chi connectivity index (χ1v) is 12.2. The van der Waals surface area contributed by atoms with Gasteiger partial charge in [0.25, 0.3) is 0 Å². The molecule has 1 N–H and O–H groups in total. The van der Waals surface area contributed by atoms with Gasteiger partial charge >= 0.3 is 0 Å². The largest absolute Gasteiger partial charge is 0.493 e. The number of imidazole rings is 1. The first kappa shape index (κ1) is 25.0. The molecule has 0 saturated heterocycles. The molecule has 1 heterocycles. The number of nitrogens with zero attached hydrogens (tertiary/aromatic N) is 2. The minimum absolute atomic E-state index is 0.0315. The summed E-state index contributed by atoms with van der Waals surface area (Å²) in [6, 6.07) is 21.6. The molecule has 6 heteroatoms. The lowest BCUT2D eigenvalue weighted by Crippen LogP contribution is -2.30. The van der Waals surface area contributed by atoms with Crippen molar-refractivity contribution in [3.8, 4) is 11.5 Å². The summed E-state index contributed by atoms with van der Waals surface area (Å²) < 4.78 is 13.7. The van der Waals surface area contributed by atoms with Gasteiger partial charge in [-0.05, 0) is 61.2 Å². The van der Waals surface area contributed by atoms with Crippen molar-refractivity contribution in [2.24, 2.45) is 0 Å². The number of carbonyl (C=O) groups is 1. The number of methoxy groups -OCH3 is 1. The van der Waals surface area contributed by atoms with Gasteiger partial charge in [-0.15, -0.1) is 6.58 Å². The zero-order chi connectivity index (χ0) is 25.5. The van der Waals surface area contributed by atoms with Crippen LogP contribution in [0.25, 0.3) is 11.0 Å². The van der Waals surface area contributed by atoms with Crippen LogP contribution in [-0.4, -0.2) is 29.2 Å². The summed E-state index contributed by atoms with van der Waals surface area (Å²) >= 11 is 0. The van der Waals surface area contributed by atoms with Gasteiger partial charge in [-0.3, -0.25) is 4.79 Å². The number of allylic oxidation sites excluding steroid dienone is 1. The van der Waals surface area contributed by atoms with Crippen molar-refractivity contribution in [1.82, 2.24) is 14.9 Å². The van der Waals surface area contributed by atoms with Gasteiger partial charge < -0.3 is 19.4 Å². The highest BCUT2D eigenvalue weighted by Crippen LogP contribution is 2.29. The Morgan fingerprint density at radius 3 is 2.67 bits per heavy atom. The molecule has 1 amide bonds. The molecule has 4 rings (SSSR count). The summed E-state index contributed by atoms with van der Waals surface area (Å²) in [6.45, 7) is 8.78. The zero-order valence-corrected chi connectivity index (χ0v) is 21.2. The summed E-state index contributed by atoms with van der Waals surface area (Å²) in [4.78, 5) is 17.7. The Balaban J connectivity index is 1.49. The van der Waals surface area contributed by atoms with E-state index in [0.29, 0.717) is 31.1 Å². The molecule has 0 spiro atoms. The molecule has 1 unspecified atom stereocenters. The molecule has 36 heavy (non-hydrogen) atoms. The molecule has 4 aromatic rings. The molecule has 3 aromatic carbocycles. The van der Waals surface area contributed by atoms with E-state index in [0.717, 1.165) is 40.0 Å². The summed E-state index contributed by atoms with van der Waals surface area (Å²) in [5.41, 5.74) is 5.14. The van der Waals surface area contributed by atoms with Crippen LogP contribution < -0.4 is 14.8 Å². The number of benzene rings is 3. The van der Waals surface area contributed by atoms with E-state index >= 15 is 0 Å². The van der Waals surface area contributed by atoms with Gasteiger partial charge in [0.2, 0.25) is 5.91 Å². The van der Waals surface area contributed by atoms with Gasteiger partial charge in [-0.25, -0.2) is 4.98 Å². The average molecular weight is 484 g/mol. The number of fused-ring (bicyclic) bond motifs is 1. The molecule has 186 valence electrons. The number of hydrogen-bond donors (Lipinski definition) is 1. The van der Waals surface area contributed by atoms with Gasteiger partial charge in [0.15, 0.2) is 11.5 Å². The number of carbonyl (C=O) groups excluding carboxylic acids is 1. The average Bonchev–Trinajstić information content (AvgIpc) is 3.25. The Morgan fingerprint density at radius 2 is 1.89 bits per heavy atom. The first-order chi connectivity index (χ1) is 17.5. The van der Waals surface area contributed by atoms with E-state index in [2.05, 4.69) is 16.5 Å². The van der Waals surface area contributed by atoms with Gasteiger partial charge in [0.1, 0.15) is 12.4 Å². The maximum Gasteiger partial charge on any atom is 0.225 e. The maximum atomic E-state index is 12.8. The van der Waals surface area contributed by atoms with Gasteiger partial charge in [-0.2, -0.15) is 0 Å². The van der Waals surface area contributed by atoms with Crippen LogP contribution in [0.1, 0.15) is 35.5 Å². The van der Waals surface area contributed by atoms with E-state index in [9.17, 15) is 4.79 Å². The Labute approximate surface area is 212 Å². The third-order valence-corrected chi connectivity index (χ3v) is 6.24. The molecule has 1 atom stereocenters. The van der Waals surface area contributed by atoms with E-state index in [4.69, 9.17) is 14.5 Å². The van der Waals surface area contributed by atoms with Crippen molar-refractivity contribution < 1.29 is 14.3 Å². The van der Waals surface area contributed by atoms with Crippen molar-refractivity contribution in [3.05, 3.63) is 102 Å². The summed E-state index contributed by atoms with van der Waals surface area (Å²) in [5.74, 6) is 2.15. The minimum atomic E-state index is -0.262. The van der Waals surface area contributed by atoms with Crippen LogP contribution in [0, 0.1) is 6.92 Å². The van der Waals surface area contributed by atoms with Gasteiger partial charge in [0.05, 0.1) is 37.2 Å². The molecule has 6 nitrogen and oxygen atoms in total. The highest BCUT2D eigenvalue weighted by molar-refractivity contribution is 5.80. The normalized spacial score (nSPS) is 11.8. The maximum absolute atomic E-state index is 12.8. The predicted octanol–water partition coefficient (Wildman–Crippen LogP) is 5.58. The van der Waals surface area contributed by atoms with Crippen LogP contribution >= 0.6 is 0 Å². The predicted molar refractivity (Wildman–Crippen MR) is 144 cm³/mol. The van der Waals surface area contributed by atoms with Crippen LogP contribution in [-0.2, 0) is 24.2 Å². The second-order valence-electron chi connectivity index (χ2n) is 8.83. The molecule has 0 radical (unpaired) electrons. The van der Waals surface area contributed by atoms with Crippen LogP contribution in [0.4, 0.5) is 0 Å². The van der Waals surface area contributed by atoms with Crippen LogP contribution in [0.15, 0.2) is 79.4 Å². The fourth-order valence-corrected chi connectivity index (χ4v) is 4.37. The molecule has 0 fully saturated rings. The number of para-hydroxylation sites is 2. The van der Waals surface area contributed by atoms with Gasteiger partial charge in [0, 0.05) is 0 Å². The van der Waals surface area contributed by atoms with Crippen molar-refractivity contribution in [1.29, 1.82) is 0 Å². The number of rotatable bonds is 11. The van der Waals surface area contributed by atoms with E-state index in [1.54, 1.807) is 7.11 Å². The molecule has 0 aliphatic heterocycles. The number of aryl methyl sites for hydroxylation is 1. The van der Waals surface area contributed by atoms with Gasteiger partial charge in [-0.1, -0.05) is 48.5 Å². The Morgan fingerprint density at radius 1 is 1.11 bits per heavy atom. The monoisotopic (exact) mass is 483 g/mol. The Bertz CT molecular complexity index is 1360. The summed E-state index contributed by atoms with van der Waals surface area (Å²) in [7, 11) is 1.64. The lowest BCUT2D eigenvalue weighted by Gasteiger charge is -2.18. The number of nitrogens with one attached hydrogen (secondary N) is 1. The lowest BCUT2D eigenvalue weighted by molar-refractivity contribution is -0.121. The molecule has 0 bridgehead atoms. The second-order valence-corrected chi connectivity index (χ2v) is 8.83. The number of ether oxygens (including phenoxy) is 2. The molecule has 0 saturated carbocycles. The fourth-order valence-electron chi connectivity index (χ4n) is 4.37. The molecular weight excluding hydrogens is 450 g/mol. The minimum Gasteiger partial charge on any atom is -0.493 e. The molecule has 0 aliphatic carbocycles. The fraction of sp³-hybridized carbons (Fsp3) is 0.267. The van der Waals surface area contributed by atoms with Crippen molar-refractivity contribution >= 4 is 16.9 Å². The van der Waals surface area contributed by atoms with Crippen molar-refractivity contribution in [2.75, 3.05) is 13.7 Å². The summed E-state index contributed by atoms with van der Waals surface area (Å²) in [5, 5.41) is 3.13. The topological polar surface area (TPSA) is 65.4 Å². The van der Waals surface area contributed by atoms with E-state index in [-0.39, 0.29) is 11.9 Å². The quantitative estimate of drug-likeness (QED) is 0.283. The molecule has 1 aromatic heterocycles. The van der Waals surface area contributed by atoms with Crippen molar-refractivity contribution in [3.63, 3.8) is 0 Å². The number of hydrogen-bond acceptors (Lipinski definition) is 4. The highest BCUT2D eigenvalue weighted by atomic mass is 16.5. The van der Waals surface area contributed by atoms with Crippen LogP contribution in [0.3, 0.4) is 0 Å². The third kappa shape index (κ3) is 5.77. The SMILES string of the molecule is C=CCc1ccc(OCCn2c(C(C)NC(=O)Cc3ccccc3C)nc3ccccc32)c(OC)c1. The zero-order valence-electron chi connectivity index (χ0n) is 21.2. The third-order valence-electron chi connectivity index (χ3n) is 6.24. The molecular formula is C30H33N3O3. The van der Waals surface area contributed by atoms with E-state index in [1.165, 1.54) is 0 Å². The van der Waals surface area contributed by atoms with Crippen molar-refractivity contribution in [2.45, 2.75) is 39.3 Å². The molecule has 0 aliphatic rings. The second kappa shape index (κ2) is 11.6. The number of aromatic nitrogens is 2. The van der Waals surface area contributed by atoms with E-state index < -0.39 is 0 Å².